The van der Waals surface area contributed by atoms with Gasteiger partial charge in [0.05, 0.1) is 19.1 Å². The number of carbonyl (C=O) groups excluding carboxylic acids is 5. The molecule has 0 heterocycles. The summed E-state index contributed by atoms with van der Waals surface area (Å²) in [6, 6.07) is 32.3. The third-order valence-electron chi connectivity index (χ3n) is 9.67. The number of hydrogen-bond donors (Lipinski definition) is 6. The molecule has 1 unspecified atom stereocenters. The Bertz CT molecular complexity index is 2020. The zero-order chi connectivity index (χ0) is 38.0. The van der Waals surface area contributed by atoms with Crippen molar-refractivity contribution in [3.63, 3.8) is 0 Å². The zero-order valence-electron chi connectivity index (χ0n) is 29.4. The molecule has 54 heavy (non-hydrogen) atoms. The van der Waals surface area contributed by atoms with Crippen LogP contribution in [0.2, 0.25) is 0 Å². The van der Waals surface area contributed by atoms with Crippen LogP contribution in [-0.4, -0.2) is 65.1 Å². The third kappa shape index (κ3) is 9.46. The molecule has 0 radical (unpaired) electrons. The molecule has 1 saturated carbocycles. The van der Waals surface area contributed by atoms with Crippen LogP contribution in [0, 0.1) is 17.8 Å². The molecule has 0 bridgehead atoms. The number of esters is 1. The molecule has 5 atom stereocenters. The SMILES string of the molecule is O=C(OCc1ccccc1)C1C[C@@H](C(=O)N[C@@H](CO)C(=O)Nc2ccc3ccccc3c2)C[C@@H](C(=O)N[C@@H](CO)C(=O)Nc2ccc3ccccc3c2)C1. The fourth-order valence-electron chi connectivity index (χ4n) is 6.75. The Morgan fingerprint density at radius 1 is 0.556 bits per heavy atom. The van der Waals surface area contributed by atoms with E-state index >= 15 is 0 Å². The smallest absolute Gasteiger partial charge is 0.309 e. The first-order chi connectivity index (χ1) is 26.2. The van der Waals surface area contributed by atoms with E-state index in [1.165, 1.54) is 0 Å². The Morgan fingerprint density at radius 3 is 1.44 bits per heavy atom. The van der Waals surface area contributed by atoms with Gasteiger partial charge in [-0.25, -0.2) is 0 Å². The second-order valence-corrected chi connectivity index (χ2v) is 13.5. The molecule has 278 valence electrons. The van der Waals surface area contributed by atoms with Crippen molar-refractivity contribution in [1.82, 2.24) is 10.6 Å². The van der Waals surface area contributed by atoms with Crippen LogP contribution in [0.4, 0.5) is 11.4 Å². The highest BCUT2D eigenvalue weighted by Gasteiger charge is 2.41. The van der Waals surface area contributed by atoms with Crippen molar-refractivity contribution in [2.24, 2.45) is 17.8 Å². The van der Waals surface area contributed by atoms with E-state index in [1.807, 2.05) is 78.9 Å². The van der Waals surface area contributed by atoms with Crippen molar-refractivity contribution in [2.75, 3.05) is 23.8 Å². The van der Waals surface area contributed by atoms with Gasteiger partial charge >= 0.3 is 5.97 Å². The van der Waals surface area contributed by atoms with E-state index in [2.05, 4.69) is 21.3 Å². The summed E-state index contributed by atoms with van der Waals surface area (Å²) < 4.78 is 5.59. The van der Waals surface area contributed by atoms with Crippen molar-refractivity contribution in [3.05, 3.63) is 121 Å². The average molecular weight is 731 g/mol. The fraction of sp³-hybridized carbons (Fsp3) is 0.262. The first-order valence-electron chi connectivity index (χ1n) is 17.8. The average Bonchev–Trinajstić information content (AvgIpc) is 3.20. The van der Waals surface area contributed by atoms with Crippen LogP contribution in [0.3, 0.4) is 0 Å². The summed E-state index contributed by atoms with van der Waals surface area (Å²) in [5.41, 5.74) is 1.71. The third-order valence-corrected chi connectivity index (χ3v) is 9.67. The quantitative estimate of drug-likeness (QED) is 0.0970. The van der Waals surface area contributed by atoms with Crippen molar-refractivity contribution in [1.29, 1.82) is 0 Å². The summed E-state index contributed by atoms with van der Waals surface area (Å²) in [6.07, 6.45) is 0.0358. The standard InChI is InChI=1S/C42H42N4O8/c47-23-36(40(51)43-34-16-14-27-10-4-6-12-29(27)21-34)45-38(49)31-18-32(20-33(19-31)42(53)54-25-26-8-2-1-3-9-26)39(50)46-37(24-48)41(52)44-35-17-15-28-11-5-7-13-30(28)22-35/h1-17,21-22,31-33,36-37,47-48H,18-20,23-25H2,(H,43,51)(H,44,52)(H,45,49)(H,46,50)/t31-,32+,33?,36-,37-/m0/s1. The first-order valence-corrected chi connectivity index (χ1v) is 17.8. The molecule has 0 aromatic heterocycles. The predicted molar refractivity (Wildman–Crippen MR) is 204 cm³/mol. The van der Waals surface area contributed by atoms with Gasteiger partial charge < -0.3 is 36.2 Å². The van der Waals surface area contributed by atoms with E-state index in [0.717, 1.165) is 27.1 Å². The van der Waals surface area contributed by atoms with Gasteiger partial charge in [0.15, 0.2) is 0 Å². The van der Waals surface area contributed by atoms with Crippen LogP contribution in [0.5, 0.6) is 0 Å². The van der Waals surface area contributed by atoms with Gasteiger partial charge in [-0.3, -0.25) is 24.0 Å². The lowest BCUT2D eigenvalue weighted by Crippen LogP contribution is -2.52. The summed E-state index contributed by atoms with van der Waals surface area (Å²) in [4.78, 5) is 67.2. The summed E-state index contributed by atoms with van der Waals surface area (Å²) in [5, 5.41) is 34.6. The van der Waals surface area contributed by atoms with Crippen LogP contribution in [0.25, 0.3) is 21.5 Å². The molecule has 1 aliphatic rings. The highest BCUT2D eigenvalue weighted by molar-refractivity contribution is 6.01. The van der Waals surface area contributed by atoms with Crippen LogP contribution in [-0.2, 0) is 35.3 Å². The molecule has 5 aromatic rings. The number of nitrogens with one attached hydrogen (secondary N) is 4. The number of amides is 4. The number of benzene rings is 5. The molecule has 12 nitrogen and oxygen atoms in total. The minimum atomic E-state index is -1.32. The number of carbonyl (C=O) groups is 5. The van der Waals surface area contributed by atoms with Gasteiger partial charge in [-0.2, -0.15) is 0 Å². The first kappa shape index (κ1) is 37.6. The van der Waals surface area contributed by atoms with E-state index in [4.69, 9.17) is 4.74 Å². The molecule has 6 N–H and O–H groups in total. The molecule has 1 fully saturated rings. The Hall–Kier alpha value is -6.11. The summed E-state index contributed by atoms with van der Waals surface area (Å²) >= 11 is 0. The maximum Gasteiger partial charge on any atom is 0.309 e. The topological polar surface area (TPSA) is 183 Å². The minimum absolute atomic E-state index is 0.00698. The van der Waals surface area contributed by atoms with Crippen molar-refractivity contribution in [2.45, 2.75) is 38.0 Å². The maximum absolute atomic E-state index is 13.7. The normalized spacial score (nSPS) is 17.9. The van der Waals surface area contributed by atoms with Crippen LogP contribution >= 0.6 is 0 Å². The molecule has 5 aromatic carbocycles. The van der Waals surface area contributed by atoms with E-state index in [0.29, 0.717) is 11.4 Å². The predicted octanol–water partition coefficient (Wildman–Crippen LogP) is 4.30. The number of fused-ring (bicyclic) bond motifs is 2. The monoisotopic (exact) mass is 730 g/mol. The molecule has 0 spiro atoms. The van der Waals surface area contributed by atoms with E-state index in [9.17, 15) is 34.2 Å². The minimum Gasteiger partial charge on any atom is -0.461 e. The molecular weight excluding hydrogens is 688 g/mol. The van der Waals surface area contributed by atoms with Gasteiger partial charge in [0, 0.05) is 23.2 Å². The summed E-state index contributed by atoms with van der Waals surface area (Å²) in [6.45, 7) is -1.41. The molecule has 0 saturated heterocycles. The largest absolute Gasteiger partial charge is 0.461 e. The van der Waals surface area contributed by atoms with Crippen LogP contribution in [0.15, 0.2) is 115 Å². The van der Waals surface area contributed by atoms with Gasteiger partial charge in [0.25, 0.3) is 0 Å². The lowest BCUT2D eigenvalue weighted by atomic mass is 9.74. The second-order valence-electron chi connectivity index (χ2n) is 13.5. The molecule has 1 aliphatic carbocycles. The van der Waals surface area contributed by atoms with E-state index in [-0.39, 0.29) is 25.9 Å². The Morgan fingerprint density at radius 2 is 0.981 bits per heavy atom. The van der Waals surface area contributed by atoms with E-state index in [1.54, 1.807) is 36.4 Å². The van der Waals surface area contributed by atoms with Crippen molar-refractivity contribution < 1.29 is 38.9 Å². The second kappa shape index (κ2) is 17.6. The molecule has 6 rings (SSSR count). The number of aliphatic hydroxyl groups excluding tert-OH is 2. The molecule has 12 heteroatoms. The van der Waals surface area contributed by atoms with Crippen molar-refractivity contribution in [3.8, 4) is 0 Å². The van der Waals surface area contributed by atoms with Gasteiger partial charge in [-0.1, -0.05) is 91.0 Å². The molecule has 4 amide bonds. The lowest BCUT2D eigenvalue weighted by molar-refractivity contribution is -0.154. The van der Waals surface area contributed by atoms with Crippen molar-refractivity contribution >= 4 is 62.5 Å². The van der Waals surface area contributed by atoms with Gasteiger partial charge in [-0.15, -0.1) is 0 Å². The van der Waals surface area contributed by atoms with E-state index < -0.39 is 72.6 Å². The highest BCUT2D eigenvalue weighted by Crippen LogP contribution is 2.35. The summed E-state index contributed by atoms with van der Waals surface area (Å²) in [5.74, 6) is -5.87. The maximum atomic E-state index is 13.7. The lowest BCUT2D eigenvalue weighted by Gasteiger charge is -2.33. The Labute approximate surface area is 311 Å². The molecule has 0 aliphatic heterocycles. The fourth-order valence-corrected chi connectivity index (χ4v) is 6.75. The number of rotatable bonds is 13. The number of anilines is 2. The number of ether oxygens (including phenoxy) is 1. The Balaban J connectivity index is 1.13. The zero-order valence-corrected chi connectivity index (χ0v) is 29.4. The van der Waals surface area contributed by atoms with Gasteiger partial charge in [0.2, 0.25) is 23.6 Å². The van der Waals surface area contributed by atoms with Gasteiger partial charge in [0.1, 0.15) is 18.7 Å². The highest BCUT2D eigenvalue weighted by atomic mass is 16.5. The van der Waals surface area contributed by atoms with Crippen LogP contribution in [0.1, 0.15) is 24.8 Å². The molecular formula is C42H42N4O8. The Kier molecular flexibility index (Phi) is 12.3. The van der Waals surface area contributed by atoms with Gasteiger partial charge in [-0.05, 0) is 70.6 Å². The number of aliphatic hydroxyl groups is 2. The summed E-state index contributed by atoms with van der Waals surface area (Å²) in [7, 11) is 0. The van der Waals surface area contributed by atoms with Crippen LogP contribution < -0.4 is 21.3 Å². The number of hydrogen-bond acceptors (Lipinski definition) is 8.